The lowest BCUT2D eigenvalue weighted by Gasteiger charge is -2.33. The number of nitrogens with zero attached hydrogens (tertiary/aromatic N) is 3. The van der Waals surface area contributed by atoms with Gasteiger partial charge in [0.1, 0.15) is 28.9 Å². The summed E-state index contributed by atoms with van der Waals surface area (Å²) < 4.78 is 19.5. The van der Waals surface area contributed by atoms with Gasteiger partial charge in [0.15, 0.2) is 0 Å². The molecule has 0 radical (unpaired) electrons. The Balaban J connectivity index is 1.16. The highest BCUT2D eigenvalue weighted by molar-refractivity contribution is 7.09. The summed E-state index contributed by atoms with van der Waals surface area (Å²) in [6, 6.07) is 25.5. The van der Waals surface area contributed by atoms with Crippen molar-refractivity contribution in [2.75, 3.05) is 19.6 Å². The zero-order valence-electron chi connectivity index (χ0n) is 24.9. The van der Waals surface area contributed by atoms with Gasteiger partial charge in [0.2, 0.25) is 0 Å². The summed E-state index contributed by atoms with van der Waals surface area (Å²) in [7, 11) is 0. The first-order valence-electron chi connectivity index (χ1n) is 15.2. The molecule has 0 spiro atoms. The lowest BCUT2D eigenvalue weighted by molar-refractivity contribution is 0.0944. The summed E-state index contributed by atoms with van der Waals surface area (Å²) in [4.78, 5) is 22.3. The van der Waals surface area contributed by atoms with Crippen LogP contribution in [0.3, 0.4) is 0 Å². The predicted molar refractivity (Wildman–Crippen MR) is 171 cm³/mol. The number of amides is 1. The van der Waals surface area contributed by atoms with E-state index >= 15 is 0 Å². The first-order valence-corrected chi connectivity index (χ1v) is 16.1. The van der Waals surface area contributed by atoms with E-state index in [2.05, 4.69) is 39.2 Å². The van der Waals surface area contributed by atoms with Gasteiger partial charge in [-0.25, -0.2) is 9.37 Å². The Morgan fingerprint density at radius 1 is 0.977 bits per heavy atom. The van der Waals surface area contributed by atoms with Crippen LogP contribution in [0.25, 0.3) is 0 Å². The molecule has 1 unspecified atom stereocenters. The summed E-state index contributed by atoms with van der Waals surface area (Å²) in [6.07, 6.45) is 4.79. The standard InChI is InChI=1S/C35H41FN4O2S/c1-27-8-5-6-20-40(27)21-7-19-37-35(41)33-26-43-34(38-33)24-39(22-28-11-15-31(36)16-12-28)23-29-13-17-32(18-14-29)42-25-30-9-3-2-4-10-30/h2-4,9-18,26-27H,5-8,19-25H2,1H3,(H,37,41). The van der Waals surface area contributed by atoms with Gasteiger partial charge in [-0.3, -0.25) is 9.69 Å². The lowest BCUT2D eigenvalue weighted by Crippen LogP contribution is -2.39. The number of ether oxygens (including phenoxy) is 1. The SMILES string of the molecule is CC1CCCCN1CCCNC(=O)c1csc(CN(Cc2ccc(F)cc2)Cc2ccc(OCc3ccccc3)cc2)n1. The van der Waals surface area contributed by atoms with Crippen molar-refractivity contribution < 1.29 is 13.9 Å². The van der Waals surface area contributed by atoms with E-state index in [-0.39, 0.29) is 11.7 Å². The molecule has 1 amide bonds. The average molecular weight is 601 g/mol. The van der Waals surface area contributed by atoms with Crippen molar-refractivity contribution in [1.82, 2.24) is 20.1 Å². The molecule has 0 saturated carbocycles. The third-order valence-corrected chi connectivity index (χ3v) is 8.72. The summed E-state index contributed by atoms with van der Waals surface area (Å²) in [5, 5.41) is 5.76. The fraction of sp³-hybridized carbons (Fsp3) is 0.371. The molecule has 0 aliphatic carbocycles. The Hall–Kier alpha value is -3.59. The summed E-state index contributed by atoms with van der Waals surface area (Å²) in [6.45, 7) is 7.52. The average Bonchev–Trinajstić information content (AvgIpc) is 3.50. The van der Waals surface area contributed by atoms with E-state index in [0.29, 0.717) is 44.5 Å². The van der Waals surface area contributed by atoms with Crippen LogP contribution < -0.4 is 10.1 Å². The van der Waals surface area contributed by atoms with Crippen molar-refractivity contribution in [2.24, 2.45) is 0 Å². The van der Waals surface area contributed by atoms with Crippen molar-refractivity contribution in [3.05, 3.63) is 117 Å². The van der Waals surface area contributed by atoms with E-state index in [4.69, 9.17) is 4.74 Å². The number of aromatic nitrogens is 1. The topological polar surface area (TPSA) is 57.7 Å². The highest BCUT2D eigenvalue weighted by Gasteiger charge is 2.18. The van der Waals surface area contributed by atoms with E-state index < -0.39 is 0 Å². The normalized spacial score (nSPS) is 15.5. The van der Waals surface area contributed by atoms with Gasteiger partial charge in [0.25, 0.3) is 5.91 Å². The Bertz CT molecular complexity index is 1410. The van der Waals surface area contributed by atoms with Gasteiger partial charge in [-0.2, -0.15) is 0 Å². The van der Waals surface area contributed by atoms with Crippen LogP contribution in [0.15, 0.2) is 84.2 Å². The van der Waals surface area contributed by atoms with E-state index in [1.54, 1.807) is 0 Å². The lowest BCUT2D eigenvalue weighted by atomic mass is 10.0. The van der Waals surface area contributed by atoms with Crippen LogP contribution in [0.5, 0.6) is 5.75 Å². The number of halogens is 1. The van der Waals surface area contributed by atoms with Crippen LogP contribution in [-0.2, 0) is 26.2 Å². The van der Waals surface area contributed by atoms with E-state index in [1.165, 1.54) is 42.7 Å². The van der Waals surface area contributed by atoms with Crippen LogP contribution in [0.1, 0.15) is 64.8 Å². The van der Waals surface area contributed by atoms with Gasteiger partial charge < -0.3 is 15.0 Å². The summed E-state index contributed by atoms with van der Waals surface area (Å²) in [5.74, 6) is 0.450. The van der Waals surface area contributed by atoms with Gasteiger partial charge in [0, 0.05) is 37.6 Å². The molecule has 5 rings (SSSR count). The molecule has 1 aliphatic heterocycles. The Morgan fingerprint density at radius 2 is 1.70 bits per heavy atom. The fourth-order valence-electron chi connectivity index (χ4n) is 5.45. The number of carbonyl (C=O) groups is 1. The number of hydrogen-bond donors (Lipinski definition) is 1. The molecule has 8 heteroatoms. The number of rotatable bonds is 14. The van der Waals surface area contributed by atoms with Crippen LogP contribution in [0.2, 0.25) is 0 Å². The molecule has 6 nitrogen and oxygen atoms in total. The molecule has 3 aromatic carbocycles. The first kappa shape index (κ1) is 30.9. The van der Waals surface area contributed by atoms with Crippen molar-refractivity contribution in [3.63, 3.8) is 0 Å². The first-order chi connectivity index (χ1) is 21.0. The number of likely N-dealkylation sites (tertiary alicyclic amines) is 1. The van der Waals surface area contributed by atoms with Crippen LogP contribution in [0, 0.1) is 5.82 Å². The number of benzene rings is 3. The number of piperidine rings is 1. The fourth-order valence-corrected chi connectivity index (χ4v) is 6.26. The van der Waals surface area contributed by atoms with Gasteiger partial charge in [-0.15, -0.1) is 11.3 Å². The van der Waals surface area contributed by atoms with Crippen molar-refractivity contribution in [3.8, 4) is 5.75 Å². The quantitative estimate of drug-likeness (QED) is 0.157. The van der Waals surface area contributed by atoms with Crippen LogP contribution in [0.4, 0.5) is 4.39 Å². The summed E-state index contributed by atoms with van der Waals surface area (Å²) in [5.41, 5.74) is 3.74. The second-order valence-corrected chi connectivity index (χ2v) is 12.2. The Kier molecular flexibility index (Phi) is 11.3. The van der Waals surface area contributed by atoms with Gasteiger partial charge >= 0.3 is 0 Å². The zero-order valence-corrected chi connectivity index (χ0v) is 25.7. The van der Waals surface area contributed by atoms with Gasteiger partial charge in [-0.1, -0.05) is 61.0 Å². The highest BCUT2D eigenvalue weighted by Crippen LogP contribution is 2.20. The third-order valence-electron chi connectivity index (χ3n) is 7.89. The molecule has 1 N–H and O–H groups in total. The largest absolute Gasteiger partial charge is 0.489 e. The third kappa shape index (κ3) is 9.71. The molecule has 1 aromatic heterocycles. The molecule has 226 valence electrons. The maximum atomic E-state index is 13.6. The molecule has 0 bridgehead atoms. The molecule has 1 atom stereocenters. The molecule has 1 fully saturated rings. The molecule has 2 heterocycles. The van der Waals surface area contributed by atoms with Gasteiger partial charge in [-0.05, 0) is 73.7 Å². The van der Waals surface area contributed by atoms with Crippen LogP contribution in [-0.4, -0.2) is 46.4 Å². The maximum absolute atomic E-state index is 13.6. The minimum atomic E-state index is -0.248. The Labute approximate surface area is 258 Å². The maximum Gasteiger partial charge on any atom is 0.270 e. The van der Waals surface area contributed by atoms with Crippen molar-refractivity contribution in [2.45, 2.75) is 64.9 Å². The minimum Gasteiger partial charge on any atom is -0.489 e. The molecule has 1 aliphatic rings. The zero-order chi connectivity index (χ0) is 29.9. The van der Waals surface area contributed by atoms with E-state index in [0.717, 1.165) is 47.0 Å². The number of nitrogens with one attached hydrogen (secondary N) is 1. The van der Waals surface area contributed by atoms with Crippen molar-refractivity contribution in [1.29, 1.82) is 0 Å². The van der Waals surface area contributed by atoms with Crippen molar-refractivity contribution >= 4 is 17.2 Å². The molecule has 1 saturated heterocycles. The highest BCUT2D eigenvalue weighted by atomic mass is 32.1. The van der Waals surface area contributed by atoms with E-state index in [1.807, 2.05) is 60.0 Å². The predicted octanol–water partition coefficient (Wildman–Crippen LogP) is 7.06. The van der Waals surface area contributed by atoms with Crippen LogP contribution >= 0.6 is 11.3 Å². The molecule has 43 heavy (non-hydrogen) atoms. The minimum absolute atomic E-state index is 0.120. The van der Waals surface area contributed by atoms with Gasteiger partial charge in [0.05, 0.1) is 6.54 Å². The number of hydrogen-bond acceptors (Lipinski definition) is 6. The van der Waals surface area contributed by atoms with E-state index in [9.17, 15) is 9.18 Å². The smallest absolute Gasteiger partial charge is 0.270 e. The molecular formula is C35H41FN4O2S. The Morgan fingerprint density at radius 3 is 2.42 bits per heavy atom. The second-order valence-electron chi connectivity index (χ2n) is 11.3. The summed E-state index contributed by atoms with van der Waals surface area (Å²) >= 11 is 1.50. The number of carbonyl (C=O) groups excluding carboxylic acids is 1. The monoisotopic (exact) mass is 600 g/mol. The number of thiazole rings is 1. The second kappa shape index (κ2) is 15.8. The molecule has 4 aromatic rings. The molecular weight excluding hydrogens is 559 g/mol.